The molecule has 0 fully saturated rings. The SMILES string of the molecule is CCN(CCC#N)S(=O)(=O)c1ccc(OC)c([N+](=O)[O-])c1. The Hall–Kier alpha value is -2.18. The number of nitro groups is 1. The molecule has 0 aromatic heterocycles. The summed E-state index contributed by atoms with van der Waals surface area (Å²) in [6.07, 6.45) is 0.0469. The fourth-order valence-electron chi connectivity index (χ4n) is 1.74. The van der Waals surface area contributed by atoms with Crippen molar-refractivity contribution < 1.29 is 18.1 Å². The first-order chi connectivity index (χ1) is 9.88. The van der Waals surface area contributed by atoms with E-state index in [1.54, 1.807) is 6.92 Å². The molecule has 1 aromatic carbocycles. The van der Waals surface area contributed by atoms with Gasteiger partial charge in [0.05, 0.1) is 23.0 Å². The van der Waals surface area contributed by atoms with E-state index in [9.17, 15) is 18.5 Å². The number of hydrogen-bond acceptors (Lipinski definition) is 6. The molecule has 0 bridgehead atoms. The van der Waals surface area contributed by atoms with Gasteiger partial charge >= 0.3 is 5.69 Å². The lowest BCUT2D eigenvalue weighted by Gasteiger charge is -2.19. The number of benzene rings is 1. The van der Waals surface area contributed by atoms with Crippen LogP contribution in [0.25, 0.3) is 0 Å². The van der Waals surface area contributed by atoms with Crippen LogP contribution < -0.4 is 4.74 Å². The van der Waals surface area contributed by atoms with Crippen molar-refractivity contribution in [1.82, 2.24) is 4.31 Å². The molecule has 0 heterocycles. The van der Waals surface area contributed by atoms with Crippen LogP contribution >= 0.6 is 0 Å². The molecule has 0 amide bonds. The van der Waals surface area contributed by atoms with Crippen molar-refractivity contribution in [2.75, 3.05) is 20.2 Å². The molecule has 0 saturated heterocycles. The van der Waals surface area contributed by atoms with E-state index in [4.69, 9.17) is 10.00 Å². The summed E-state index contributed by atoms with van der Waals surface area (Å²) in [7, 11) is -2.62. The van der Waals surface area contributed by atoms with Crippen LogP contribution in [0, 0.1) is 21.4 Å². The molecule has 0 N–H and O–H groups in total. The number of nitriles is 1. The lowest BCUT2D eigenvalue weighted by molar-refractivity contribution is -0.386. The van der Waals surface area contributed by atoms with Gasteiger partial charge in [0.15, 0.2) is 5.75 Å². The van der Waals surface area contributed by atoms with Crippen LogP contribution in [0.4, 0.5) is 5.69 Å². The van der Waals surface area contributed by atoms with E-state index < -0.39 is 20.6 Å². The number of methoxy groups -OCH3 is 1. The first-order valence-corrected chi connectivity index (χ1v) is 7.52. The third kappa shape index (κ3) is 3.68. The number of hydrogen-bond donors (Lipinski definition) is 0. The minimum Gasteiger partial charge on any atom is -0.490 e. The van der Waals surface area contributed by atoms with E-state index in [1.807, 2.05) is 6.07 Å². The summed E-state index contributed by atoms with van der Waals surface area (Å²) in [5, 5.41) is 19.5. The molecule has 0 aliphatic rings. The zero-order valence-electron chi connectivity index (χ0n) is 11.6. The Morgan fingerprint density at radius 2 is 2.14 bits per heavy atom. The van der Waals surface area contributed by atoms with Crippen molar-refractivity contribution in [3.63, 3.8) is 0 Å². The molecule has 0 radical (unpaired) electrons. The van der Waals surface area contributed by atoms with E-state index in [1.165, 1.54) is 19.2 Å². The largest absolute Gasteiger partial charge is 0.490 e. The molecule has 1 rings (SSSR count). The van der Waals surface area contributed by atoms with Crippen LogP contribution in [0.5, 0.6) is 5.75 Å². The van der Waals surface area contributed by atoms with Crippen molar-refractivity contribution in [3.05, 3.63) is 28.3 Å². The molecule has 0 unspecified atom stereocenters. The molecule has 21 heavy (non-hydrogen) atoms. The van der Waals surface area contributed by atoms with Gasteiger partial charge in [0.25, 0.3) is 0 Å². The van der Waals surface area contributed by atoms with Gasteiger partial charge in [0, 0.05) is 25.6 Å². The predicted octanol–water partition coefficient (Wildman–Crippen LogP) is 1.53. The molecular formula is C12H15N3O5S. The second kappa shape index (κ2) is 7.01. The molecule has 0 aliphatic heterocycles. The van der Waals surface area contributed by atoms with Gasteiger partial charge in [0.2, 0.25) is 10.0 Å². The van der Waals surface area contributed by atoms with Gasteiger partial charge in [-0.25, -0.2) is 8.42 Å². The lowest BCUT2D eigenvalue weighted by atomic mass is 10.3. The van der Waals surface area contributed by atoms with Gasteiger partial charge in [-0.05, 0) is 12.1 Å². The predicted molar refractivity (Wildman–Crippen MR) is 74.3 cm³/mol. The van der Waals surface area contributed by atoms with Crippen molar-refractivity contribution in [3.8, 4) is 11.8 Å². The van der Waals surface area contributed by atoms with Crippen molar-refractivity contribution in [2.45, 2.75) is 18.2 Å². The van der Waals surface area contributed by atoms with E-state index in [-0.39, 0.29) is 30.2 Å². The standard InChI is InChI=1S/C12H15N3O5S/c1-3-14(8-4-7-13)21(18,19)10-5-6-12(20-2)11(9-10)15(16)17/h5-6,9H,3-4,8H2,1-2H3. The van der Waals surface area contributed by atoms with Gasteiger partial charge in [-0.15, -0.1) is 0 Å². The van der Waals surface area contributed by atoms with Gasteiger partial charge in [-0.1, -0.05) is 6.92 Å². The van der Waals surface area contributed by atoms with Crippen molar-refractivity contribution in [2.24, 2.45) is 0 Å². The van der Waals surface area contributed by atoms with Crippen LogP contribution in [0.1, 0.15) is 13.3 Å². The summed E-state index contributed by atoms with van der Waals surface area (Å²) >= 11 is 0. The minimum atomic E-state index is -3.88. The number of sulfonamides is 1. The summed E-state index contributed by atoms with van der Waals surface area (Å²) in [6, 6.07) is 5.32. The second-order valence-corrected chi connectivity index (χ2v) is 5.93. The summed E-state index contributed by atoms with van der Waals surface area (Å²) in [5.74, 6) is -0.0148. The van der Waals surface area contributed by atoms with Crippen molar-refractivity contribution >= 4 is 15.7 Å². The maximum Gasteiger partial charge on any atom is 0.312 e. The third-order valence-corrected chi connectivity index (χ3v) is 4.78. The highest BCUT2D eigenvalue weighted by Crippen LogP contribution is 2.30. The van der Waals surface area contributed by atoms with Crippen LogP contribution in [-0.2, 0) is 10.0 Å². The highest BCUT2D eigenvalue weighted by Gasteiger charge is 2.26. The first kappa shape index (κ1) is 16.9. The minimum absolute atomic E-state index is 0.0148. The van der Waals surface area contributed by atoms with Gasteiger partial charge < -0.3 is 4.74 Å². The Morgan fingerprint density at radius 3 is 2.62 bits per heavy atom. The summed E-state index contributed by atoms with van der Waals surface area (Å²) in [4.78, 5) is 10.0. The lowest BCUT2D eigenvalue weighted by Crippen LogP contribution is -2.31. The molecule has 0 atom stereocenters. The number of nitrogens with zero attached hydrogens (tertiary/aromatic N) is 3. The number of ether oxygens (including phenoxy) is 1. The number of rotatable bonds is 7. The molecule has 114 valence electrons. The Labute approximate surface area is 122 Å². The van der Waals surface area contributed by atoms with Crippen LogP contribution in [0.2, 0.25) is 0 Å². The molecule has 9 heteroatoms. The van der Waals surface area contributed by atoms with E-state index in [2.05, 4.69) is 0 Å². The Balaban J connectivity index is 3.28. The fraction of sp³-hybridized carbons (Fsp3) is 0.417. The summed E-state index contributed by atoms with van der Waals surface area (Å²) < 4.78 is 30.7. The molecular weight excluding hydrogens is 298 g/mol. The number of nitro benzene ring substituents is 1. The summed E-state index contributed by atoms with van der Waals surface area (Å²) in [5.41, 5.74) is -0.421. The van der Waals surface area contributed by atoms with Crippen LogP contribution in [0.3, 0.4) is 0 Å². The van der Waals surface area contributed by atoms with Crippen molar-refractivity contribution in [1.29, 1.82) is 5.26 Å². The maximum atomic E-state index is 12.4. The monoisotopic (exact) mass is 313 g/mol. The Kier molecular flexibility index (Phi) is 5.63. The van der Waals surface area contributed by atoms with Gasteiger partial charge in [-0.3, -0.25) is 10.1 Å². The highest BCUT2D eigenvalue weighted by molar-refractivity contribution is 7.89. The first-order valence-electron chi connectivity index (χ1n) is 6.08. The molecule has 8 nitrogen and oxygen atoms in total. The Morgan fingerprint density at radius 1 is 1.48 bits per heavy atom. The summed E-state index contributed by atoms with van der Waals surface area (Å²) in [6.45, 7) is 1.84. The van der Waals surface area contributed by atoms with Gasteiger partial charge in [-0.2, -0.15) is 9.57 Å². The molecule has 0 saturated carbocycles. The van der Waals surface area contributed by atoms with E-state index >= 15 is 0 Å². The van der Waals surface area contributed by atoms with E-state index in [0.717, 1.165) is 10.4 Å². The normalized spacial score (nSPS) is 11.1. The average Bonchev–Trinajstić information content (AvgIpc) is 2.46. The highest BCUT2D eigenvalue weighted by atomic mass is 32.2. The van der Waals surface area contributed by atoms with Crippen LogP contribution in [0.15, 0.2) is 23.1 Å². The smallest absolute Gasteiger partial charge is 0.312 e. The Bertz CT molecular complexity index is 666. The third-order valence-electron chi connectivity index (χ3n) is 2.81. The second-order valence-electron chi connectivity index (χ2n) is 4.00. The van der Waals surface area contributed by atoms with Gasteiger partial charge in [0.1, 0.15) is 0 Å². The average molecular weight is 313 g/mol. The maximum absolute atomic E-state index is 12.4. The molecule has 0 spiro atoms. The molecule has 1 aromatic rings. The molecule has 0 aliphatic carbocycles. The zero-order chi connectivity index (χ0) is 16.0. The zero-order valence-corrected chi connectivity index (χ0v) is 12.5. The topological polar surface area (TPSA) is 114 Å². The quantitative estimate of drug-likeness (QED) is 0.557. The van der Waals surface area contributed by atoms with Crippen LogP contribution in [-0.4, -0.2) is 37.8 Å². The van der Waals surface area contributed by atoms with E-state index in [0.29, 0.717) is 0 Å². The fourth-order valence-corrected chi connectivity index (χ4v) is 3.22.